The van der Waals surface area contributed by atoms with E-state index in [1.165, 1.54) is 38.8 Å². The summed E-state index contributed by atoms with van der Waals surface area (Å²) in [6.07, 6.45) is 7.15. The van der Waals surface area contributed by atoms with E-state index in [0.29, 0.717) is 0 Å². The highest BCUT2D eigenvalue weighted by molar-refractivity contribution is 6.18. The van der Waals surface area contributed by atoms with E-state index in [1.54, 1.807) is 97.6 Å². The van der Waals surface area contributed by atoms with Gasteiger partial charge in [-0.1, -0.05) is 343 Å². The van der Waals surface area contributed by atoms with E-state index in [0.717, 1.165) is 167 Å². The van der Waals surface area contributed by atoms with Gasteiger partial charge < -0.3 is 62.1 Å². The van der Waals surface area contributed by atoms with Gasteiger partial charge in [-0.2, -0.15) is 0 Å². The van der Waals surface area contributed by atoms with Gasteiger partial charge in [-0.25, -0.2) is 28.8 Å². The maximum absolute atomic E-state index is 12.3. The number of benzene rings is 14. The Morgan fingerprint density at radius 3 is 0.320 bits per heavy atom. The Hall–Kier alpha value is -16.6. The Morgan fingerprint density at radius 2 is 0.240 bits per heavy atom. The van der Waals surface area contributed by atoms with Crippen LogP contribution in [-0.4, -0.2) is 110 Å². The number of carboxylic acid groups (broad SMARTS) is 6. The van der Waals surface area contributed by atoms with E-state index in [9.17, 15) is 69.0 Å². The van der Waals surface area contributed by atoms with Crippen LogP contribution in [0.4, 0.5) is 0 Å². The highest BCUT2D eigenvalue weighted by Crippen LogP contribution is 2.59. The van der Waals surface area contributed by atoms with Gasteiger partial charge in [-0.15, -0.1) is 0 Å². The molecule has 774 valence electrons. The van der Waals surface area contributed by atoms with Gasteiger partial charge in [0.1, 0.15) is 11.6 Å². The van der Waals surface area contributed by atoms with Crippen LogP contribution < -0.4 is 0 Å². The average Bonchev–Trinajstić information content (AvgIpc) is 0.714. The second-order valence-corrected chi connectivity index (χ2v) is 43.0. The van der Waals surface area contributed by atoms with Crippen molar-refractivity contribution in [3.05, 3.63) is 407 Å². The number of ketones is 2. The van der Waals surface area contributed by atoms with Gasteiger partial charge in [0.25, 0.3) is 0 Å². The Bertz CT molecular complexity index is 6300. The lowest BCUT2D eigenvalue weighted by atomic mass is 9.73. The minimum atomic E-state index is -1.04. The van der Waals surface area contributed by atoms with Crippen molar-refractivity contribution in [1.82, 2.24) is 9.97 Å². The third kappa shape index (κ3) is 28.6. The number of carbonyl (C=O) groups excluding carboxylic acids is 2. The second kappa shape index (κ2) is 49.3. The van der Waals surface area contributed by atoms with Crippen molar-refractivity contribution in [2.45, 2.75) is 185 Å². The number of hydrogen-bond acceptors (Lipinski definition) is 10. The molecular weight excluding hydrogens is 1880 g/mol. The molecule has 20 nitrogen and oxygen atoms in total. The molecule has 2 heterocycles. The van der Waals surface area contributed by atoms with Gasteiger partial charge in [0.2, 0.25) is 0 Å². The number of aromatic carboxylic acids is 6. The van der Waals surface area contributed by atoms with Crippen molar-refractivity contribution >= 4 is 47.4 Å². The Labute approximate surface area is 879 Å². The molecule has 0 aliphatic rings. The lowest BCUT2D eigenvalue weighted by molar-refractivity contribution is -0.115. The molecule has 0 bridgehead atoms. The van der Waals surface area contributed by atoms with Crippen LogP contribution in [0.15, 0.2) is 340 Å². The maximum Gasteiger partial charge on any atom is 0.335 e. The summed E-state index contributed by atoms with van der Waals surface area (Å²) in [5, 5.41) is 60.3. The van der Waals surface area contributed by atoms with Crippen molar-refractivity contribution in [1.29, 1.82) is 0 Å². The zero-order valence-electron chi connectivity index (χ0n) is 89.2. The van der Waals surface area contributed by atoms with Gasteiger partial charge in [0, 0.05) is 24.8 Å². The highest BCUT2D eigenvalue weighted by Gasteiger charge is 2.35. The molecule has 0 unspecified atom stereocenters. The Morgan fingerprint density at radius 1 is 0.153 bits per heavy atom. The zero-order chi connectivity index (χ0) is 107. The van der Waals surface area contributed by atoms with E-state index in [2.05, 4.69) is 280 Å². The fourth-order valence-electron chi connectivity index (χ4n) is 17.6. The second-order valence-electron chi connectivity index (χ2n) is 43.0. The third-order valence-electron chi connectivity index (χ3n) is 25.5. The number of rotatable bonds is 19. The quantitative estimate of drug-likeness (QED) is 0.0438. The molecule has 0 spiro atoms. The monoisotopic (exact) mass is 2010 g/mol. The van der Waals surface area contributed by atoms with Crippen molar-refractivity contribution in [2.75, 3.05) is 0 Å². The molecule has 150 heavy (non-hydrogen) atoms. The summed E-state index contributed by atoms with van der Waals surface area (Å²) in [5.74, 6) is -5.89. The summed E-state index contributed by atoms with van der Waals surface area (Å²) in [7, 11) is 0. The predicted molar refractivity (Wildman–Crippen MR) is 607 cm³/mol. The molecule has 14 N–H and O–H groups in total. The molecule has 0 amide bonds. The van der Waals surface area contributed by atoms with E-state index in [1.807, 2.05) is 97.1 Å². The molecule has 0 aliphatic heterocycles. The Kier molecular flexibility index (Phi) is 38.9. The van der Waals surface area contributed by atoms with E-state index >= 15 is 0 Å². The van der Waals surface area contributed by atoms with Crippen molar-refractivity contribution in [3.63, 3.8) is 0 Å². The topological polar surface area (TPSA) is 410 Å². The number of nitrogens with zero attached hydrogens (tertiary/aromatic N) is 2. The molecule has 0 fully saturated rings. The van der Waals surface area contributed by atoms with Crippen LogP contribution in [0, 0.1) is 0 Å². The molecule has 14 aromatic carbocycles. The number of pyridine rings is 2. The first-order chi connectivity index (χ1) is 68.7. The van der Waals surface area contributed by atoms with Gasteiger partial charge >= 0.3 is 35.8 Å². The fraction of sp³-hybridized carbons (Fsp3) is 0.215. The first kappa shape index (κ1) is 119. The summed E-state index contributed by atoms with van der Waals surface area (Å²) in [6.45, 7) is 45.3. The number of Topliss-reactive ketones (excluding diaryl/α,β-unsaturated/α-hetero) is 2. The van der Waals surface area contributed by atoms with Crippen LogP contribution in [0.2, 0.25) is 0 Å². The normalized spacial score (nSPS) is 11.2. The van der Waals surface area contributed by atoms with Gasteiger partial charge in [0.15, 0.2) is 0 Å². The minimum Gasteiger partial charge on any atom is -0.478 e. The molecule has 20 heteroatoms. The van der Waals surface area contributed by atoms with Crippen LogP contribution >= 0.6 is 0 Å². The predicted octanol–water partition coefficient (Wildman–Crippen LogP) is 29.4. The minimum absolute atomic E-state index is 0. The van der Waals surface area contributed by atoms with Crippen LogP contribution in [0.1, 0.15) is 248 Å². The first-order valence-corrected chi connectivity index (χ1v) is 48.6. The molecule has 16 rings (SSSR count). The summed E-state index contributed by atoms with van der Waals surface area (Å²) < 4.78 is 0. The standard InChI is InChI=1S/2C57H54O6.C10H8N2.2C3H6O.4H2O/c2*1-55(2,3)43-28-22-37(23-29-43)49-46(34-10-16-40(17-11-34)52(58)59)50(38-24-30-44(31-25-38)56(4,5)6)48(36-14-20-42(21-15-36)54(62)63)51(39-26-32-45(33-27-39)57(7,8)9)47(49)35-12-18-41(19-13-35)53(60)61;1-5-11-6-2-9(1)10-3-7-12-8-4-10;2*1-3(2)4;;;;/h2*10-33H,1-9H3,(H,58,59)(H,60,61)(H,62,63);1-8H;2*1-2H3;4*1H2. The van der Waals surface area contributed by atoms with Crippen LogP contribution in [0.25, 0.3) is 145 Å². The number of hydrogen-bond donors (Lipinski definition) is 6. The molecule has 2 aromatic heterocycles. The summed E-state index contributed by atoms with van der Waals surface area (Å²) in [5.41, 5.74) is 29.7. The summed E-state index contributed by atoms with van der Waals surface area (Å²) in [6, 6.07) is 101. The van der Waals surface area contributed by atoms with Crippen molar-refractivity contribution in [2.24, 2.45) is 0 Å². The van der Waals surface area contributed by atoms with Gasteiger partial charge in [-0.3, -0.25) is 9.97 Å². The maximum atomic E-state index is 12.3. The summed E-state index contributed by atoms with van der Waals surface area (Å²) >= 11 is 0. The van der Waals surface area contributed by atoms with E-state index < -0.39 is 35.8 Å². The molecule has 0 saturated heterocycles. The molecule has 0 atom stereocenters. The number of carboxylic acids is 6. The largest absolute Gasteiger partial charge is 0.478 e. The summed E-state index contributed by atoms with van der Waals surface area (Å²) in [4.78, 5) is 101. The lowest BCUT2D eigenvalue weighted by Crippen LogP contribution is -2.11. The zero-order valence-corrected chi connectivity index (χ0v) is 89.2. The highest BCUT2D eigenvalue weighted by atomic mass is 16.4. The molecular formula is C130H136N2O18. The number of carbonyl (C=O) groups is 8. The molecule has 0 radical (unpaired) electrons. The first-order valence-electron chi connectivity index (χ1n) is 48.6. The number of aromatic nitrogens is 2. The van der Waals surface area contributed by atoms with Crippen LogP contribution in [0.5, 0.6) is 0 Å². The SMILES string of the molecule is CC(C)(C)c1ccc(-c2c(-c3ccc(C(=O)O)cc3)c(-c3ccc(C(C)(C)C)cc3)c(-c3ccc(C(=O)O)cc3)c(-c3ccc(C(C)(C)C)cc3)c2-c2ccc(C(=O)O)cc2)cc1.CC(C)(C)c1ccc(-c2c(-c3ccc(C(=O)O)cc3)c(-c3ccc(C(C)(C)C)cc3)c(-c3ccc(C(=O)O)cc3)c(-c3ccc(C(C)(C)C)cc3)c2-c2ccc(C(=O)O)cc2)cc1.CC(C)=O.CC(C)=O.O.O.O.O.c1cc(-c2ccncc2)ccn1. The molecule has 0 saturated carbocycles. The van der Waals surface area contributed by atoms with Crippen molar-refractivity contribution < 1.29 is 90.9 Å². The molecule has 0 aliphatic carbocycles. The van der Waals surface area contributed by atoms with Crippen LogP contribution in [-0.2, 0) is 42.1 Å². The van der Waals surface area contributed by atoms with Crippen molar-refractivity contribution in [3.8, 4) is 145 Å². The lowest BCUT2D eigenvalue weighted by Gasteiger charge is -2.30. The van der Waals surface area contributed by atoms with Crippen LogP contribution in [0.3, 0.4) is 0 Å². The van der Waals surface area contributed by atoms with Gasteiger partial charge in [0.05, 0.1) is 33.4 Å². The fourth-order valence-corrected chi connectivity index (χ4v) is 17.6. The average molecular weight is 2010 g/mol. The third-order valence-corrected chi connectivity index (χ3v) is 25.5. The smallest absolute Gasteiger partial charge is 0.335 e. The van der Waals surface area contributed by atoms with Gasteiger partial charge in [-0.05, 0) is 335 Å². The van der Waals surface area contributed by atoms with E-state index in [4.69, 9.17) is 0 Å². The molecule has 16 aromatic rings. The van der Waals surface area contributed by atoms with E-state index in [-0.39, 0.29) is 99.3 Å². The Balaban J connectivity index is 0.000000300.